The van der Waals surface area contributed by atoms with Gasteiger partial charge >= 0.3 is 78.7 Å². The van der Waals surface area contributed by atoms with Crippen LogP contribution in [0, 0.1) is 5.92 Å². The van der Waals surface area contributed by atoms with Crippen LogP contribution in [-0.2, 0) is 6.42 Å². The first kappa shape index (κ1) is 48.4. The van der Waals surface area contributed by atoms with E-state index in [1.165, 1.54) is 0 Å². The molecule has 53 heavy (non-hydrogen) atoms. The summed E-state index contributed by atoms with van der Waals surface area (Å²) >= 11 is 0. The molecule has 1 aromatic rings. The Kier molecular flexibility index (Phi) is 12.9. The Bertz CT molecular complexity index is 1320. The summed E-state index contributed by atoms with van der Waals surface area (Å²) in [6, 6.07) is 3.53. The van der Waals surface area contributed by atoms with Crippen LogP contribution in [0.5, 0.6) is 0 Å². The highest BCUT2D eigenvalue weighted by molar-refractivity contribution is 6.58. The molecule has 1 aromatic carbocycles. The zero-order valence-corrected chi connectivity index (χ0v) is 24.7. The lowest BCUT2D eigenvalue weighted by molar-refractivity contribution is -0.443. The quantitative estimate of drug-likeness (QED) is 0.121. The molecule has 0 aromatic heterocycles. The van der Waals surface area contributed by atoms with Crippen molar-refractivity contribution < 1.29 is 124 Å². The molecule has 29 heteroatoms. The predicted octanol–water partition coefficient (Wildman–Crippen LogP) is 9.56. The van der Waals surface area contributed by atoms with Gasteiger partial charge in [-0.05, 0) is 36.2 Å². The van der Waals surface area contributed by atoms with Gasteiger partial charge < -0.3 is 10.0 Å². The van der Waals surface area contributed by atoms with E-state index in [0.29, 0.717) is 0 Å². The minimum Gasteiger partial charge on any atom is -0.423 e. The topological polar surface area (TPSA) is 40.5 Å². The number of aryl methyl sites for hydroxylation is 1. The average molecular weight is 842 g/mol. The highest BCUT2D eigenvalue weighted by atomic mass is 19.4. The second-order valence-electron chi connectivity index (χ2n) is 11.3. The molecule has 0 saturated heterocycles. The van der Waals surface area contributed by atoms with Crippen LogP contribution in [0.2, 0.25) is 0 Å². The number of hydrogen-bond donors (Lipinski definition) is 2. The third-order valence-corrected chi connectivity index (χ3v) is 7.41. The van der Waals surface area contributed by atoms with Crippen molar-refractivity contribution in [3.63, 3.8) is 0 Å². The van der Waals surface area contributed by atoms with Crippen LogP contribution in [0.1, 0.15) is 31.2 Å². The van der Waals surface area contributed by atoms with E-state index in [2.05, 4.69) is 0 Å². The molecule has 0 saturated carbocycles. The smallest absolute Gasteiger partial charge is 0.423 e. The highest BCUT2D eigenvalue weighted by Gasteiger charge is 2.92. The molecule has 0 aliphatic heterocycles. The Balaban J connectivity index is 3.79. The first-order chi connectivity index (χ1) is 23.0. The summed E-state index contributed by atoms with van der Waals surface area (Å²) in [6.45, 7) is 0. The minimum absolute atomic E-state index is 0.301. The fraction of sp³-hybridized carbons (Fsp3) is 0.750. The minimum atomic E-state index is -8.59. The van der Waals surface area contributed by atoms with E-state index in [1.807, 2.05) is 0 Å². The zero-order valence-electron chi connectivity index (χ0n) is 24.7. The zero-order chi connectivity index (χ0) is 42.7. The third kappa shape index (κ3) is 8.05. The van der Waals surface area contributed by atoms with Crippen LogP contribution in [0.3, 0.4) is 0 Å². The summed E-state index contributed by atoms with van der Waals surface area (Å²) in [5.74, 6) is -86.2. The molecule has 0 bridgehead atoms. The lowest BCUT2D eigenvalue weighted by Gasteiger charge is -2.42. The van der Waals surface area contributed by atoms with Crippen molar-refractivity contribution in [1.82, 2.24) is 0 Å². The van der Waals surface area contributed by atoms with E-state index in [4.69, 9.17) is 10.0 Å². The van der Waals surface area contributed by atoms with Crippen LogP contribution >= 0.6 is 0 Å². The Hall–Kier alpha value is -2.62. The van der Waals surface area contributed by atoms with E-state index < -0.39 is 122 Å². The van der Waals surface area contributed by atoms with E-state index in [1.54, 1.807) is 0 Å². The Morgan fingerprint density at radius 1 is 0.453 bits per heavy atom. The third-order valence-electron chi connectivity index (χ3n) is 7.41. The largest absolute Gasteiger partial charge is 0.488 e. The highest BCUT2D eigenvalue weighted by Crippen LogP contribution is 2.63. The average Bonchev–Trinajstić information content (AvgIpc) is 2.94. The maximum Gasteiger partial charge on any atom is 0.488 e. The van der Waals surface area contributed by atoms with Crippen LogP contribution in [0.15, 0.2) is 24.3 Å². The summed E-state index contributed by atoms with van der Waals surface area (Å²) in [7, 11) is -2.31. The molecule has 0 unspecified atom stereocenters. The maximum atomic E-state index is 14.6. The number of alkyl halides is 26. The van der Waals surface area contributed by atoms with Gasteiger partial charge in [-0.15, -0.1) is 0 Å². The van der Waals surface area contributed by atoms with Crippen LogP contribution in [-0.4, -0.2) is 88.7 Å². The van der Waals surface area contributed by atoms with Crippen LogP contribution in [0.4, 0.5) is 114 Å². The fourth-order valence-electron chi connectivity index (χ4n) is 4.37. The Labute approximate surface area is 277 Å². The second kappa shape index (κ2) is 14.2. The summed E-state index contributed by atoms with van der Waals surface area (Å²) in [5.41, 5.74) is -0.751. The Morgan fingerprint density at radius 3 is 1.08 bits per heavy atom. The van der Waals surface area contributed by atoms with Crippen molar-refractivity contribution in [3.05, 3.63) is 29.8 Å². The van der Waals surface area contributed by atoms with E-state index in [-0.39, 0.29) is 5.56 Å². The summed E-state index contributed by atoms with van der Waals surface area (Å²) in [5, 5.41) is 18.2. The van der Waals surface area contributed by atoms with Gasteiger partial charge in [-0.25, -0.2) is 0 Å². The molecule has 0 heterocycles. The molecule has 0 radical (unpaired) electrons. The van der Waals surface area contributed by atoms with Crippen LogP contribution in [0.25, 0.3) is 0 Å². The Morgan fingerprint density at radius 2 is 0.774 bits per heavy atom. The fourth-order valence-corrected chi connectivity index (χ4v) is 4.37. The number of rotatable bonds is 17. The van der Waals surface area contributed by atoms with Gasteiger partial charge in [-0.3, -0.25) is 0 Å². The van der Waals surface area contributed by atoms with Crippen molar-refractivity contribution in [3.8, 4) is 0 Å². The molecule has 1 rings (SSSR count). The second-order valence-corrected chi connectivity index (χ2v) is 11.3. The molecule has 0 aliphatic carbocycles. The van der Waals surface area contributed by atoms with Crippen molar-refractivity contribution in [1.29, 1.82) is 0 Å². The summed E-state index contributed by atoms with van der Waals surface area (Å²) in [6.07, 6.45) is -27.7. The normalized spacial score (nSPS) is 15.7. The maximum absolute atomic E-state index is 14.6. The molecule has 0 aliphatic rings. The molecule has 0 spiro atoms. The lowest BCUT2D eigenvalue weighted by atomic mass is 9.79. The molecule has 2 N–H and O–H groups in total. The van der Waals surface area contributed by atoms with Crippen LogP contribution < -0.4 is 5.46 Å². The molecule has 310 valence electrons. The predicted molar refractivity (Wildman–Crippen MR) is 124 cm³/mol. The van der Waals surface area contributed by atoms with Crippen molar-refractivity contribution >= 4 is 12.6 Å². The van der Waals surface area contributed by atoms with Gasteiger partial charge in [0.05, 0.1) is 0 Å². The van der Waals surface area contributed by atoms with Crippen molar-refractivity contribution in [2.45, 2.75) is 104 Å². The van der Waals surface area contributed by atoms with Gasteiger partial charge in [0.25, 0.3) is 0 Å². The van der Waals surface area contributed by atoms with Crippen molar-refractivity contribution in [2.24, 2.45) is 5.92 Å². The molecule has 0 amide bonds. The van der Waals surface area contributed by atoms with Gasteiger partial charge in [0, 0.05) is 12.8 Å². The number of benzene rings is 1. The molecule has 2 nitrogen and oxygen atoms in total. The first-order valence-corrected chi connectivity index (χ1v) is 13.3. The van der Waals surface area contributed by atoms with E-state index in [9.17, 15) is 114 Å². The van der Waals surface area contributed by atoms with Gasteiger partial charge in [0.1, 0.15) is 0 Å². The lowest BCUT2D eigenvalue weighted by Crippen LogP contribution is -2.70. The first-order valence-electron chi connectivity index (χ1n) is 13.3. The standard InChI is InChI=1S/C24H17BF26O2/c26-13(27,15(30,31)17(34,35)19(38,39)21(42,43)23(46,47)48)8-11(5-1-3-10-4-2-6-12(7-10)25(52)53)9-14(28,29)16(32,33)18(36,37)20(40,41)22(44,45)24(49,50)51/h2,4,6-7,11,52-53H,1,3,5,8-9H2. The van der Waals surface area contributed by atoms with E-state index >= 15 is 0 Å². The SMILES string of the molecule is OB(O)c1cccc(CCCC(CC(F)(F)C(F)(F)C(F)(F)C(F)(F)C(F)(F)C(F)(F)F)CC(F)(F)C(F)(F)C(F)(F)C(F)(F)C(F)(F)C(F)(F)F)c1. The summed E-state index contributed by atoms with van der Waals surface area (Å²) < 4.78 is 352. The van der Waals surface area contributed by atoms with Gasteiger partial charge in [-0.1, -0.05) is 24.3 Å². The van der Waals surface area contributed by atoms with Crippen molar-refractivity contribution in [2.75, 3.05) is 0 Å². The van der Waals surface area contributed by atoms with Gasteiger partial charge in [0.15, 0.2) is 0 Å². The molecule has 0 fully saturated rings. The number of halogens is 26. The molecule has 0 atom stereocenters. The van der Waals surface area contributed by atoms with E-state index in [0.717, 1.165) is 24.3 Å². The number of hydrogen-bond acceptors (Lipinski definition) is 2. The van der Waals surface area contributed by atoms with Gasteiger partial charge in [0.2, 0.25) is 0 Å². The molecular formula is C24H17BF26O2. The molecular weight excluding hydrogens is 825 g/mol. The van der Waals surface area contributed by atoms with Gasteiger partial charge in [-0.2, -0.15) is 114 Å². The monoisotopic (exact) mass is 842 g/mol. The summed E-state index contributed by atoms with van der Waals surface area (Å²) in [4.78, 5) is 0.